The Balaban J connectivity index is 1.66. The number of hydrogen-bond acceptors (Lipinski definition) is 4. The zero-order valence-electron chi connectivity index (χ0n) is 18.2. The van der Waals surface area contributed by atoms with Crippen molar-refractivity contribution in [1.29, 1.82) is 0 Å². The standard InChI is InChI=1S/C24H23N3O3S2/c1-15-8-10-20(11-9-15)32(29,30)26-19-7-5-6-18(14-19)23(28)25-24-27(4)22-17(3)12-16(2)13-21(22)31-24/h5-14,26H,1-4H3. The minimum absolute atomic E-state index is 0.160. The van der Waals surface area contributed by atoms with Crippen LogP contribution < -0.4 is 9.52 Å². The van der Waals surface area contributed by atoms with Crippen molar-refractivity contribution in [3.63, 3.8) is 0 Å². The number of carbonyl (C=O) groups excluding carboxylic acids is 1. The second kappa shape index (κ2) is 8.37. The number of carbonyl (C=O) groups is 1. The zero-order chi connectivity index (χ0) is 23.0. The summed E-state index contributed by atoms with van der Waals surface area (Å²) in [6.07, 6.45) is 0. The Labute approximate surface area is 190 Å². The molecule has 0 radical (unpaired) electrons. The number of nitrogens with zero attached hydrogens (tertiary/aromatic N) is 2. The van der Waals surface area contributed by atoms with Gasteiger partial charge in [0.05, 0.1) is 15.1 Å². The summed E-state index contributed by atoms with van der Waals surface area (Å²) < 4.78 is 30.8. The van der Waals surface area contributed by atoms with Crippen molar-refractivity contribution in [1.82, 2.24) is 4.57 Å². The quantitative estimate of drug-likeness (QED) is 0.474. The third-order valence-electron chi connectivity index (χ3n) is 5.12. The van der Waals surface area contributed by atoms with Crippen molar-refractivity contribution in [3.8, 4) is 0 Å². The van der Waals surface area contributed by atoms with E-state index in [2.05, 4.69) is 21.8 Å². The van der Waals surface area contributed by atoms with E-state index >= 15 is 0 Å². The van der Waals surface area contributed by atoms with Gasteiger partial charge >= 0.3 is 0 Å². The zero-order valence-corrected chi connectivity index (χ0v) is 19.8. The highest BCUT2D eigenvalue weighted by Crippen LogP contribution is 2.23. The maximum atomic E-state index is 12.9. The smallest absolute Gasteiger partial charge is 0.279 e. The fourth-order valence-electron chi connectivity index (χ4n) is 3.59. The van der Waals surface area contributed by atoms with E-state index in [0.29, 0.717) is 16.1 Å². The lowest BCUT2D eigenvalue weighted by molar-refractivity contribution is 0.0998. The van der Waals surface area contributed by atoms with Crippen LogP contribution in [0.1, 0.15) is 27.0 Å². The number of hydrogen-bond donors (Lipinski definition) is 1. The summed E-state index contributed by atoms with van der Waals surface area (Å²) in [4.78, 5) is 17.9. The Kier molecular flexibility index (Phi) is 5.75. The van der Waals surface area contributed by atoms with E-state index in [9.17, 15) is 13.2 Å². The first kappa shape index (κ1) is 22.0. The minimum Gasteiger partial charge on any atom is -0.319 e. The summed E-state index contributed by atoms with van der Waals surface area (Å²) in [5.41, 5.74) is 4.91. The molecule has 0 saturated carbocycles. The molecule has 164 valence electrons. The minimum atomic E-state index is -3.76. The van der Waals surface area contributed by atoms with Gasteiger partial charge in [-0.05, 0) is 68.3 Å². The normalized spacial score (nSPS) is 12.3. The number of benzene rings is 3. The van der Waals surface area contributed by atoms with Gasteiger partial charge in [0.1, 0.15) is 0 Å². The maximum absolute atomic E-state index is 12.9. The van der Waals surface area contributed by atoms with Crippen LogP contribution in [0.5, 0.6) is 0 Å². The van der Waals surface area contributed by atoms with Gasteiger partial charge in [0.15, 0.2) is 4.80 Å². The van der Waals surface area contributed by atoms with Gasteiger partial charge in [-0.1, -0.05) is 41.2 Å². The molecule has 0 saturated heterocycles. The van der Waals surface area contributed by atoms with Crippen molar-refractivity contribution >= 4 is 43.2 Å². The number of thiazole rings is 1. The van der Waals surface area contributed by atoms with Gasteiger partial charge in [-0.15, -0.1) is 0 Å². The second-order valence-corrected chi connectivity index (χ2v) is 10.5. The average Bonchev–Trinajstić information content (AvgIpc) is 3.03. The van der Waals surface area contributed by atoms with Gasteiger partial charge in [-0.25, -0.2) is 8.42 Å². The summed E-state index contributed by atoms with van der Waals surface area (Å²) in [7, 11) is -1.87. The summed E-state index contributed by atoms with van der Waals surface area (Å²) in [6.45, 7) is 5.97. The van der Waals surface area contributed by atoms with Crippen LogP contribution in [0, 0.1) is 20.8 Å². The Bertz CT molecular complexity index is 1510. The monoisotopic (exact) mass is 465 g/mol. The Morgan fingerprint density at radius 3 is 2.41 bits per heavy atom. The molecule has 8 heteroatoms. The first-order valence-corrected chi connectivity index (χ1v) is 12.3. The van der Waals surface area contributed by atoms with Gasteiger partial charge in [0, 0.05) is 18.3 Å². The molecule has 4 rings (SSSR count). The van der Waals surface area contributed by atoms with Crippen LogP contribution in [0.2, 0.25) is 0 Å². The predicted octanol–water partition coefficient (Wildman–Crippen LogP) is 4.71. The molecule has 0 unspecified atom stereocenters. The fraction of sp³-hybridized carbons (Fsp3) is 0.167. The van der Waals surface area contributed by atoms with Crippen LogP contribution in [-0.2, 0) is 17.1 Å². The molecule has 0 aliphatic heterocycles. The molecule has 3 aromatic carbocycles. The summed E-state index contributed by atoms with van der Waals surface area (Å²) in [6, 6.07) is 17.1. The van der Waals surface area contributed by atoms with Crippen molar-refractivity contribution in [2.45, 2.75) is 25.7 Å². The van der Waals surface area contributed by atoms with E-state index in [1.165, 1.54) is 17.4 Å². The number of amides is 1. The van der Waals surface area contributed by atoms with E-state index < -0.39 is 15.9 Å². The Morgan fingerprint density at radius 2 is 1.69 bits per heavy atom. The molecule has 0 aliphatic rings. The molecule has 0 atom stereocenters. The molecule has 4 aromatic rings. The number of sulfonamides is 1. The van der Waals surface area contributed by atoms with Crippen molar-refractivity contribution in [2.24, 2.45) is 12.0 Å². The van der Waals surface area contributed by atoms with Crippen LogP contribution in [-0.4, -0.2) is 18.9 Å². The molecule has 1 heterocycles. The molecule has 32 heavy (non-hydrogen) atoms. The fourth-order valence-corrected chi connectivity index (χ4v) is 5.83. The van der Waals surface area contributed by atoms with Crippen molar-refractivity contribution < 1.29 is 13.2 Å². The molecule has 1 N–H and O–H groups in total. The largest absolute Gasteiger partial charge is 0.319 e. The number of rotatable bonds is 4. The number of aryl methyl sites for hydroxylation is 4. The third-order valence-corrected chi connectivity index (χ3v) is 7.60. The van der Waals surface area contributed by atoms with Crippen LogP contribution in [0.25, 0.3) is 10.2 Å². The van der Waals surface area contributed by atoms with E-state index in [1.807, 2.05) is 32.4 Å². The highest BCUT2D eigenvalue weighted by molar-refractivity contribution is 7.92. The number of aromatic nitrogens is 1. The summed E-state index contributed by atoms with van der Waals surface area (Å²) in [5.74, 6) is -0.432. The number of fused-ring (bicyclic) bond motifs is 1. The molecule has 1 amide bonds. The maximum Gasteiger partial charge on any atom is 0.279 e. The van der Waals surface area contributed by atoms with E-state index in [4.69, 9.17) is 0 Å². The second-order valence-electron chi connectivity index (χ2n) is 7.79. The topological polar surface area (TPSA) is 80.5 Å². The van der Waals surface area contributed by atoms with Gasteiger partial charge < -0.3 is 4.57 Å². The molecular weight excluding hydrogens is 442 g/mol. The molecular formula is C24H23N3O3S2. The van der Waals surface area contributed by atoms with Gasteiger partial charge in [0.2, 0.25) is 0 Å². The number of nitrogens with one attached hydrogen (secondary N) is 1. The third kappa shape index (κ3) is 4.37. The van der Waals surface area contributed by atoms with Crippen LogP contribution in [0.3, 0.4) is 0 Å². The van der Waals surface area contributed by atoms with Crippen LogP contribution in [0.15, 0.2) is 70.6 Å². The lowest BCUT2D eigenvalue weighted by atomic mass is 10.1. The predicted molar refractivity (Wildman–Crippen MR) is 129 cm³/mol. The molecule has 1 aromatic heterocycles. The lowest BCUT2D eigenvalue weighted by Crippen LogP contribution is -2.15. The molecule has 6 nitrogen and oxygen atoms in total. The van der Waals surface area contributed by atoms with Crippen LogP contribution in [0.4, 0.5) is 5.69 Å². The van der Waals surface area contributed by atoms with E-state index in [1.54, 1.807) is 42.5 Å². The molecule has 0 aliphatic carbocycles. The highest BCUT2D eigenvalue weighted by atomic mass is 32.2. The highest BCUT2D eigenvalue weighted by Gasteiger charge is 2.15. The Morgan fingerprint density at radius 1 is 0.969 bits per heavy atom. The van der Waals surface area contributed by atoms with E-state index in [-0.39, 0.29) is 4.90 Å². The van der Waals surface area contributed by atoms with Gasteiger partial charge in [-0.3, -0.25) is 9.52 Å². The van der Waals surface area contributed by atoms with Crippen molar-refractivity contribution in [3.05, 3.63) is 87.7 Å². The number of anilines is 1. The first-order chi connectivity index (χ1) is 15.1. The lowest BCUT2D eigenvalue weighted by Gasteiger charge is -2.09. The first-order valence-electron chi connectivity index (χ1n) is 9.99. The SMILES string of the molecule is Cc1ccc(S(=O)(=O)Nc2cccc(C(=O)N=c3sc4cc(C)cc(C)c4n3C)c2)cc1. The van der Waals surface area contributed by atoms with Gasteiger partial charge in [-0.2, -0.15) is 4.99 Å². The molecule has 0 spiro atoms. The van der Waals surface area contributed by atoms with Crippen LogP contribution >= 0.6 is 11.3 Å². The Hall–Kier alpha value is -3.23. The summed E-state index contributed by atoms with van der Waals surface area (Å²) in [5, 5.41) is 0. The molecule has 0 fully saturated rings. The van der Waals surface area contributed by atoms with Gasteiger partial charge in [0.25, 0.3) is 15.9 Å². The molecule has 0 bridgehead atoms. The summed E-state index contributed by atoms with van der Waals surface area (Å²) >= 11 is 1.45. The van der Waals surface area contributed by atoms with Crippen molar-refractivity contribution in [2.75, 3.05) is 4.72 Å². The average molecular weight is 466 g/mol. The van der Waals surface area contributed by atoms with E-state index in [0.717, 1.165) is 26.9 Å².